The fourth-order valence-corrected chi connectivity index (χ4v) is 7.39. The van der Waals surface area contributed by atoms with E-state index in [4.69, 9.17) is 4.74 Å². The molecule has 0 aromatic carbocycles. The molecule has 0 aliphatic carbocycles. The Hall–Kier alpha value is -1.66. The molecule has 6 heteroatoms. The van der Waals surface area contributed by atoms with Gasteiger partial charge in [-0.25, -0.2) is 0 Å². The van der Waals surface area contributed by atoms with E-state index < -0.39 is 12.1 Å². The summed E-state index contributed by atoms with van der Waals surface area (Å²) in [4.78, 5) is 24.4. The van der Waals surface area contributed by atoms with Gasteiger partial charge in [-0.1, -0.05) is 186 Å². The summed E-state index contributed by atoms with van der Waals surface area (Å²) in [5.41, 5.74) is 0. The Morgan fingerprint density at radius 1 is 0.482 bits per heavy atom. The largest absolute Gasteiger partial charge is 0.466 e. The molecule has 0 saturated heterocycles. The van der Waals surface area contributed by atoms with Gasteiger partial charge in [-0.05, 0) is 83.5 Å². The second kappa shape index (κ2) is 46.0. The van der Waals surface area contributed by atoms with Gasteiger partial charge in [0, 0.05) is 12.8 Å². The van der Waals surface area contributed by atoms with Crippen LogP contribution < -0.4 is 5.32 Å². The Morgan fingerprint density at radius 2 is 0.839 bits per heavy atom. The number of hydrogen-bond donors (Lipinski definition) is 3. The minimum absolute atomic E-state index is 0.0331. The van der Waals surface area contributed by atoms with Crippen LogP contribution in [0, 0.1) is 0 Å². The molecule has 3 N–H and O–H groups in total. The van der Waals surface area contributed by atoms with E-state index in [1.54, 1.807) is 0 Å². The maximum Gasteiger partial charge on any atom is 0.305 e. The lowest BCUT2D eigenvalue weighted by Crippen LogP contribution is -2.45. The zero-order valence-electron chi connectivity index (χ0n) is 37.4. The predicted octanol–water partition coefficient (Wildman–Crippen LogP) is 14.3. The van der Waals surface area contributed by atoms with E-state index in [0.717, 1.165) is 77.0 Å². The quantitative estimate of drug-likeness (QED) is 0.0324. The third kappa shape index (κ3) is 42.0. The lowest BCUT2D eigenvalue weighted by Gasteiger charge is -2.22. The summed E-state index contributed by atoms with van der Waals surface area (Å²) in [6, 6.07) is -0.559. The van der Waals surface area contributed by atoms with Crippen LogP contribution in [0.3, 0.4) is 0 Å². The predicted molar refractivity (Wildman–Crippen MR) is 241 cm³/mol. The highest BCUT2D eigenvalue weighted by molar-refractivity contribution is 5.76. The minimum atomic E-state index is -0.680. The van der Waals surface area contributed by atoms with E-state index in [0.29, 0.717) is 25.9 Å². The molecule has 0 aliphatic rings. The number of carbonyl (C=O) groups excluding carboxylic acids is 2. The average molecular weight is 790 g/mol. The molecule has 1 amide bonds. The van der Waals surface area contributed by atoms with Crippen LogP contribution in [0.1, 0.15) is 258 Å². The number of allylic oxidation sites excluding steroid dienone is 4. The van der Waals surface area contributed by atoms with Crippen LogP contribution >= 0.6 is 0 Å². The summed E-state index contributed by atoms with van der Waals surface area (Å²) >= 11 is 0. The monoisotopic (exact) mass is 790 g/mol. The van der Waals surface area contributed by atoms with Gasteiger partial charge in [0.25, 0.3) is 0 Å². The molecule has 0 spiro atoms. The first-order chi connectivity index (χ1) is 27.5. The van der Waals surface area contributed by atoms with Crippen molar-refractivity contribution in [2.24, 2.45) is 0 Å². The molecule has 0 saturated carbocycles. The van der Waals surface area contributed by atoms with Gasteiger partial charge in [-0.2, -0.15) is 0 Å². The number of nitrogens with one attached hydrogen (secondary N) is 1. The smallest absolute Gasteiger partial charge is 0.305 e. The van der Waals surface area contributed by atoms with Gasteiger partial charge >= 0.3 is 5.97 Å². The van der Waals surface area contributed by atoms with Gasteiger partial charge in [-0.3, -0.25) is 9.59 Å². The van der Waals surface area contributed by atoms with E-state index >= 15 is 0 Å². The highest BCUT2D eigenvalue weighted by Crippen LogP contribution is 2.16. The molecule has 0 fully saturated rings. The van der Waals surface area contributed by atoms with Crippen molar-refractivity contribution in [1.29, 1.82) is 0 Å². The third-order valence-corrected chi connectivity index (χ3v) is 11.2. The maximum atomic E-state index is 12.4. The number of hydrogen-bond acceptors (Lipinski definition) is 5. The van der Waals surface area contributed by atoms with E-state index in [-0.39, 0.29) is 18.5 Å². The number of aliphatic hydroxyl groups is 2. The summed E-state index contributed by atoms with van der Waals surface area (Å²) in [7, 11) is 0. The molecule has 0 heterocycles. The van der Waals surface area contributed by atoms with Gasteiger partial charge in [0.15, 0.2) is 0 Å². The van der Waals surface area contributed by atoms with Crippen LogP contribution in [0.2, 0.25) is 0 Å². The summed E-state index contributed by atoms with van der Waals surface area (Å²) in [6.45, 7) is 4.86. The minimum Gasteiger partial charge on any atom is -0.466 e. The van der Waals surface area contributed by atoms with Gasteiger partial charge in [-0.15, -0.1) is 0 Å². The van der Waals surface area contributed by atoms with Crippen molar-refractivity contribution in [2.45, 2.75) is 270 Å². The van der Waals surface area contributed by atoms with Gasteiger partial charge < -0.3 is 20.3 Å². The molecule has 0 aromatic rings. The lowest BCUT2D eigenvalue weighted by molar-refractivity contribution is -0.143. The first-order valence-electron chi connectivity index (χ1n) is 24.6. The molecular weight excluding hydrogens is 695 g/mol. The molecule has 0 radical (unpaired) electrons. The molecule has 2 unspecified atom stereocenters. The molecule has 6 nitrogen and oxygen atoms in total. The summed E-state index contributed by atoms with van der Waals surface area (Å²) < 4.78 is 5.42. The zero-order chi connectivity index (χ0) is 40.8. The Bertz CT molecular complexity index is 874. The summed E-state index contributed by atoms with van der Waals surface area (Å²) in [5.74, 6) is -0.0944. The highest BCUT2D eigenvalue weighted by atomic mass is 16.5. The topological polar surface area (TPSA) is 95.9 Å². The van der Waals surface area contributed by atoms with Crippen molar-refractivity contribution in [3.8, 4) is 0 Å². The SMILES string of the molecule is CCCCC/C=C\CCCCCCCC(=O)OCCCCC/C=C\CCCCCCCC(=O)NC(CO)C(O)CCCCCCCCCCCCCCCCC. The first-order valence-corrected chi connectivity index (χ1v) is 24.6. The number of esters is 1. The molecule has 0 rings (SSSR count). The van der Waals surface area contributed by atoms with Crippen molar-refractivity contribution < 1.29 is 24.5 Å². The Morgan fingerprint density at radius 3 is 1.30 bits per heavy atom. The molecule has 2 atom stereocenters. The standard InChI is InChI=1S/C50H95NO5/c1-3-5-7-9-11-13-15-17-18-19-22-26-30-34-38-42-48(53)47(46-52)51-49(54)43-39-35-31-27-23-20-21-25-29-33-37-41-45-56-50(55)44-40-36-32-28-24-16-14-12-10-8-6-4-2/h12,14,21,25,47-48,52-53H,3-11,13,15-20,22-24,26-46H2,1-2H3,(H,51,54)/b14-12-,25-21-. The average Bonchev–Trinajstić information content (AvgIpc) is 3.20. The van der Waals surface area contributed by atoms with E-state index in [9.17, 15) is 19.8 Å². The van der Waals surface area contributed by atoms with E-state index in [1.165, 1.54) is 148 Å². The van der Waals surface area contributed by atoms with Crippen LogP contribution in [0.4, 0.5) is 0 Å². The summed E-state index contributed by atoms with van der Waals surface area (Å²) in [6.07, 6.45) is 52.8. The normalized spacial score (nSPS) is 12.9. The number of amides is 1. The van der Waals surface area contributed by atoms with Gasteiger partial charge in [0.2, 0.25) is 5.91 Å². The number of unbranched alkanes of at least 4 members (excludes halogenated alkanes) is 30. The van der Waals surface area contributed by atoms with Crippen molar-refractivity contribution in [1.82, 2.24) is 5.32 Å². The van der Waals surface area contributed by atoms with Crippen LogP contribution in [-0.4, -0.2) is 47.4 Å². The Balaban J connectivity index is 3.53. The molecule has 0 aromatic heterocycles. The van der Waals surface area contributed by atoms with Crippen LogP contribution in [-0.2, 0) is 14.3 Å². The van der Waals surface area contributed by atoms with Crippen molar-refractivity contribution in [3.05, 3.63) is 24.3 Å². The first kappa shape index (κ1) is 54.3. The Kier molecular flexibility index (Phi) is 44.7. The van der Waals surface area contributed by atoms with E-state index in [2.05, 4.69) is 43.5 Å². The van der Waals surface area contributed by atoms with Crippen LogP contribution in [0.25, 0.3) is 0 Å². The molecule has 56 heavy (non-hydrogen) atoms. The number of aliphatic hydroxyl groups excluding tert-OH is 2. The lowest BCUT2D eigenvalue weighted by atomic mass is 10.0. The zero-order valence-corrected chi connectivity index (χ0v) is 37.4. The molecular formula is C50H95NO5. The molecule has 330 valence electrons. The second-order valence-corrected chi connectivity index (χ2v) is 16.8. The third-order valence-electron chi connectivity index (χ3n) is 11.2. The second-order valence-electron chi connectivity index (χ2n) is 16.8. The molecule has 0 aliphatic heterocycles. The van der Waals surface area contributed by atoms with Crippen molar-refractivity contribution in [3.63, 3.8) is 0 Å². The molecule has 0 bridgehead atoms. The fraction of sp³-hybridized carbons (Fsp3) is 0.880. The number of rotatable bonds is 45. The van der Waals surface area contributed by atoms with Crippen LogP contribution in [0.15, 0.2) is 24.3 Å². The number of carbonyl (C=O) groups is 2. The summed E-state index contributed by atoms with van der Waals surface area (Å²) in [5, 5.41) is 23.2. The van der Waals surface area contributed by atoms with Crippen molar-refractivity contribution in [2.75, 3.05) is 13.2 Å². The van der Waals surface area contributed by atoms with E-state index in [1.807, 2.05) is 0 Å². The number of ether oxygens (including phenoxy) is 1. The Labute approximate surface area is 348 Å². The van der Waals surface area contributed by atoms with Gasteiger partial charge in [0.05, 0.1) is 25.4 Å². The fourth-order valence-electron chi connectivity index (χ4n) is 7.39. The highest BCUT2D eigenvalue weighted by Gasteiger charge is 2.20. The van der Waals surface area contributed by atoms with Gasteiger partial charge in [0.1, 0.15) is 0 Å². The van der Waals surface area contributed by atoms with Crippen LogP contribution in [0.5, 0.6) is 0 Å². The maximum absolute atomic E-state index is 12.4. The van der Waals surface area contributed by atoms with Crippen molar-refractivity contribution >= 4 is 11.9 Å².